The Morgan fingerprint density at radius 2 is 0.964 bits per heavy atom. The van der Waals surface area contributed by atoms with E-state index < -0.39 is 0 Å². The molecule has 0 spiro atoms. The minimum atomic E-state index is 0.625. The fraction of sp³-hybridized carbons (Fsp3) is 0. The van der Waals surface area contributed by atoms with Crippen molar-refractivity contribution < 1.29 is 4.42 Å². The van der Waals surface area contributed by atoms with Crippen LogP contribution in [0.2, 0.25) is 0 Å². The predicted octanol–water partition coefficient (Wildman–Crippen LogP) is 14.9. The number of hydrogen-bond acceptors (Lipinski definition) is 3. The number of anilines is 3. The summed E-state index contributed by atoms with van der Waals surface area (Å²) in [4.78, 5) is 7.27. The SMILES string of the molecule is c1ccc(-c2ccccc2N(c2ccc(-c3cc4ccccc4c4ccccc34)cc2)c2ccc3cc(-c4nc5ccc6ccccc6c5o4)ccc3c2)cc1. The fourth-order valence-electron chi connectivity index (χ4n) is 8.33. The van der Waals surface area contributed by atoms with Gasteiger partial charge in [0.25, 0.3) is 0 Å². The standard InChI is InChI=1S/C53H34N2O/c1-2-12-35(13-3-1)45-17-10-11-21-51(45)55(42-28-24-37(25-29-42)49-34-40-15-5-6-16-44(40)47-19-8-9-20-48(47)49)43-30-26-38-32-41(23-22-39(38)33-43)53-54-50-31-27-36-14-4-7-18-46(36)52(50)56-53/h1-34H. The van der Waals surface area contributed by atoms with Crippen molar-refractivity contribution in [1.29, 1.82) is 0 Å². The third-order valence-electron chi connectivity index (χ3n) is 11.0. The van der Waals surface area contributed by atoms with Crippen LogP contribution in [-0.4, -0.2) is 4.98 Å². The summed E-state index contributed by atoms with van der Waals surface area (Å²) in [5.41, 5.74) is 10.7. The molecule has 0 aliphatic heterocycles. The molecule has 0 N–H and O–H groups in total. The first-order chi connectivity index (χ1) is 27.7. The molecule has 0 radical (unpaired) electrons. The van der Waals surface area contributed by atoms with E-state index in [-0.39, 0.29) is 0 Å². The molecule has 1 aromatic heterocycles. The van der Waals surface area contributed by atoms with Crippen molar-refractivity contribution in [2.24, 2.45) is 0 Å². The van der Waals surface area contributed by atoms with Gasteiger partial charge in [0.15, 0.2) is 5.58 Å². The number of oxazole rings is 1. The lowest BCUT2D eigenvalue weighted by molar-refractivity contribution is 0.623. The van der Waals surface area contributed by atoms with Crippen molar-refractivity contribution in [2.75, 3.05) is 4.90 Å². The predicted molar refractivity (Wildman–Crippen MR) is 235 cm³/mol. The molecule has 0 atom stereocenters. The first-order valence-electron chi connectivity index (χ1n) is 19.0. The van der Waals surface area contributed by atoms with Crippen LogP contribution in [0.5, 0.6) is 0 Å². The second-order valence-corrected chi connectivity index (χ2v) is 14.4. The molecule has 0 unspecified atom stereocenters. The van der Waals surface area contributed by atoms with Crippen LogP contribution in [0.15, 0.2) is 211 Å². The van der Waals surface area contributed by atoms with Gasteiger partial charge >= 0.3 is 0 Å². The highest BCUT2D eigenvalue weighted by molar-refractivity contribution is 6.14. The fourth-order valence-corrected chi connectivity index (χ4v) is 8.33. The van der Waals surface area contributed by atoms with E-state index in [1.54, 1.807) is 0 Å². The van der Waals surface area contributed by atoms with E-state index in [1.165, 1.54) is 38.2 Å². The molecule has 1 heterocycles. The number of nitrogens with zero attached hydrogens (tertiary/aromatic N) is 2. The van der Waals surface area contributed by atoms with Crippen LogP contribution in [0.25, 0.3) is 87.9 Å². The van der Waals surface area contributed by atoms with Crippen LogP contribution >= 0.6 is 0 Å². The summed E-state index contributed by atoms with van der Waals surface area (Å²) in [7, 11) is 0. The van der Waals surface area contributed by atoms with Gasteiger partial charge in [-0.1, -0.05) is 152 Å². The maximum Gasteiger partial charge on any atom is 0.227 e. The maximum atomic E-state index is 6.42. The number of rotatable bonds is 6. The first-order valence-corrected chi connectivity index (χ1v) is 19.0. The second kappa shape index (κ2) is 13.1. The van der Waals surface area contributed by atoms with Crippen molar-refractivity contribution >= 4 is 71.3 Å². The lowest BCUT2D eigenvalue weighted by Gasteiger charge is -2.28. The van der Waals surface area contributed by atoms with Crippen LogP contribution in [0.1, 0.15) is 0 Å². The van der Waals surface area contributed by atoms with E-state index in [0.717, 1.165) is 60.8 Å². The third-order valence-corrected chi connectivity index (χ3v) is 11.0. The van der Waals surface area contributed by atoms with Crippen molar-refractivity contribution in [1.82, 2.24) is 4.98 Å². The van der Waals surface area contributed by atoms with Gasteiger partial charge in [-0.15, -0.1) is 0 Å². The lowest BCUT2D eigenvalue weighted by Crippen LogP contribution is -2.11. The molecule has 0 saturated heterocycles. The van der Waals surface area contributed by atoms with Crippen LogP contribution in [-0.2, 0) is 0 Å². The largest absolute Gasteiger partial charge is 0.435 e. The highest BCUT2D eigenvalue weighted by atomic mass is 16.3. The molecule has 11 aromatic rings. The molecule has 0 fully saturated rings. The lowest BCUT2D eigenvalue weighted by atomic mass is 9.93. The summed E-state index contributed by atoms with van der Waals surface area (Å²) in [6.45, 7) is 0. The Morgan fingerprint density at radius 3 is 1.82 bits per heavy atom. The average Bonchev–Trinajstić information content (AvgIpc) is 3.72. The molecule has 11 rings (SSSR count). The smallest absolute Gasteiger partial charge is 0.227 e. The number of para-hydroxylation sites is 1. The molecule has 56 heavy (non-hydrogen) atoms. The first kappa shape index (κ1) is 32.0. The molecular weight excluding hydrogens is 681 g/mol. The molecule has 0 amide bonds. The number of hydrogen-bond donors (Lipinski definition) is 0. The van der Waals surface area contributed by atoms with E-state index in [2.05, 4.69) is 193 Å². The number of benzene rings is 10. The highest BCUT2D eigenvalue weighted by Crippen LogP contribution is 2.43. The zero-order valence-electron chi connectivity index (χ0n) is 30.4. The molecule has 0 bridgehead atoms. The Morgan fingerprint density at radius 1 is 0.357 bits per heavy atom. The van der Waals surface area contributed by atoms with Gasteiger partial charge in [0, 0.05) is 27.9 Å². The van der Waals surface area contributed by atoms with E-state index in [4.69, 9.17) is 9.40 Å². The monoisotopic (exact) mass is 714 g/mol. The van der Waals surface area contributed by atoms with Gasteiger partial charge < -0.3 is 9.32 Å². The summed E-state index contributed by atoms with van der Waals surface area (Å²) >= 11 is 0. The molecule has 0 saturated carbocycles. The summed E-state index contributed by atoms with van der Waals surface area (Å²) in [5.74, 6) is 0.625. The molecule has 262 valence electrons. The second-order valence-electron chi connectivity index (χ2n) is 14.4. The van der Waals surface area contributed by atoms with Gasteiger partial charge in [0.1, 0.15) is 5.52 Å². The minimum absolute atomic E-state index is 0.625. The number of aromatic nitrogens is 1. The highest BCUT2D eigenvalue weighted by Gasteiger charge is 2.19. The molecule has 10 aromatic carbocycles. The Bertz CT molecular complexity index is 3250. The van der Waals surface area contributed by atoms with Crippen LogP contribution in [0.3, 0.4) is 0 Å². The Hall–Kier alpha value is -7.49. The molecular formula is C53H34N2O. The molecule has 0 aliphatic carbocycles. The maximum absolute atomic E-state index is 6.42. The average molecular weight is 715 g/mol. The molecule has 3 nitrogen and oxygen atoms in total. The van der Waals surface area contributed by atoms with Crippen molar-refractivity contribution in [2.45, 2.75) is 0 Å². The van der Waals surface area contributed by atoms with Gasteiger partial charge in [-0.3, -0.25) is 0 Å². The van der Waals surface area contributed by atoms with Crippen LogP contribution in [0.4, 0.5) is 17.1 Å². The number of fused-ring (bicyclic) bond motifs is 7. The minimum Gasteiger partial charge on any atom is -0.435 e. The molecule has 0 aliphatic rings. The Balaban J connectivity index is 1.03. The Labute approximate surface area is 324 Å². The van der Waals surface area contributed by atoms with E-state index in [0.29, 0.717) is 5.89 Å². The van der Waals surface area contributed by atoms with Gasteiger partial charge in [0.05, 0.1) is 5.69 Å². The molecule has 3 heteroatoms. The summed E-state index contributed by atoms with van der Waals surface area (Å²) in [6, 6.07) is 73.7. The summed E-state index contributed by atoms with van der Waals surface area (Å²) in [5, 5.41) is 9.51. The van der Waals surface area contributed by atoms with Gasteiger partial charge in [0.2, 0.25) is 5.89 Å². The zero-order chi connectivity index (χ0) is 37.0. The van der Waals surface area contributed by atoms with E-state index in [9.17, 15) is 0 Å². The van der Waals surface area contributed by atoms with Crippen LogP contribution < -0.4 is 4.90 Å². The van der Waals surface area contributed by atoms with E-state index >= 15 is 0 Å². The zero-order valence-corrected chi connectivity index (χ0v) is 30.4. The van der Waals surface area contributed by atoms with Crippen molar-refractivity contribution in [3.05, 3.63) is 206 Å². The van der Waals surface area contributed by atoms with Gasteiger partial charge in [-0.05, 0) is 109 Å². The summed E-state index contributed by atoms with van der Waals surface area (Å²) in [6.07, 6.45) is 0. The van der Waals surface area contributed by atoms with Crippen molar-refractivity contribution in [3.8, 4) is 33.7 Å². The quantitative estimate of drug-likeness (QED) is 0.161. The normalized spacial score (nSPS) is 11.6. The van der Waals surface area contributed by atoms with Crippen molar-refractivity contribution in [3.63, 3.8) is 0 Å². The van der Waals surface area contributed by atoms with E-state index in [1.807, 2.05) is 18.2 Å². The Kier molecular flexibility index (Phi) is 7.49. The van der Waals surface area contributed by atoms with Gasteiger partial charge in [-0.2, -0.15) is 0 Å². The van der Waals surface area contributed by atoms with Gasteiger partial charge in [-0.25, -0.2) is 4.98 Å². The topological polar surface area (TPSA) is 29.3 Å². The van der Waals surface area contributed by atoms with Crippen LogP contribution in [0, 0.1) is 0 Å². The third kappa shape index (κ3) is 5.40. The summed E-state index contributed by atoms with van der Waals surface area (Å²) < 4.78 is 6.42.